The van der Waals surface area contributed by atoms with E-state index in [0.717, 1.165) is 12.3 Å². The molecule has 1 aromatic heterocycles. The number of carbonyl (C=O) groups excluding carboxylic acids is 1. The number of anilines is 1. The van der Waals surface area contributed by atoms with E-state index in [1.807, 2.05) is 17.0 Å². The fraction of sp³-hybridized carbons (Fsp3) is 0.455. The minimum Gasteiger partial charge on any atom is -0.450 e. The molecular formula is C22H24ClF3N4O2. The molecule has 1 N–H and O–H groups in total. The van der Waals surface area contributed by atoms with Gasteiger partial charge in [-0.15, -0.1) is 0 Å². The molecule has 1 fully saturated rings. The highest BCUT2D eigenvalue weighted by molar-refractivity contribution is 6.33. The maximum absolute atomic E-state index is 12.9. The predicted octanol–water partition coefficient (Wildman–Crippen LogP) is 4.29. The summed E-state index contributed by atoms with van der Waals surface area (Å²) >= 11 is 6.13. The van der Waals surface area contributed by atoms with E-state index in [1.54, 1.807) is 6.92 Å². The van der Waals surface area contributed by atoms with Crippen LogP contribution in [0.1, 0.15) is 29.7 Å². The monoisotopic (exact) mass is 468 g/mol. The van der Waals surface area contributed by atoms with Crippen LogP contribution in [-0.2, 0) is 17.3 Å². The molecule has 1 amide bonds. The maximum Gasteiger partial charge on any atom is 0.417 e. The number of hydrogen-bond acceptors (Lipinski definition) is 5. The average Bonchev–Trinajstić information content (AvgIpc) is 3.11. The van der Waals surface area contributed by atoms with E-state index < -0.39 is 17.8 Å². The molecule has 1 saturated heterocycles. The molecule has 172 valence electrons. The zero-order valence-electron chi connectivity index (χ0n) is 17.5. The van der Waals surface area contributed by atoms with Crippen molar-refractivity contribution in [3.63, 3.8) is 0 Å². The number of piperazine rings is 1. The lowest BCUT2D eigenvalue weighted by Gasteiger charge is -2.41. The number of pyridine rings is 1. The van der Waals surface area contributed by atoms with Gasteiger partial charge in [-0.25, -0.2) is 9.78 Å². The lowest BCUT2D eigenvalue weighted by Crippen LogP contribution is -2.52. The summed E-state index contributed by atoms with van der Waals surface area (Å²) in [7, 11) is 0. The van der Waals surface area contributed by atoms with E-state index in [0.29, 0.717) is 45.0 Å². The summed E-state index contributed by atoms with van der Waals surface area (Å²) in [6, 6.07) is 8.91. The maximum atomic E-state index is 12.9. The number of halogens is 4. The topological polar surface area (TPSA) is 57.7 Å². The number of benzene rings is 1. The van der Waals surface area contributed by atoms with Crippen molar-refractivity contribution in [3.8, 4) is 0 Å². The van der Waals surface area contributed by atoms with Gasteiger partial charge in [-0.1, -0.05) is 35.9 Å². The molecule has 0 radical (unpaired) electrons. The Morgan fingerprint density at radius 3 is 2.62 bits per heavy atom. The molecular weight excluding hydrogens is 445 g/mol. The second-order valence-electron chi connectivity index (χ2n) is 7.87. The normalized spacial score (nSPS) is 21.3. The molecule has 0 saturated carbocycles. The van der Waals surface area contributed by atoms with Gasteiger partial charge in [0.05, 0.1) is 29.3 Å². The number of ether oxygens (including phenoxy) is 1. The van der Waals surface area contributed by atoms with E-state index in [4.69, 9.17) is 16.3 Å². The van der Waals surface area contributed by atoms with Crippen LogP contribution in [0.3, 0.4) is 0 Å². The van der Waals surface area contributed by atoms with Crippen molar-refractivity contribution in [3.05, 3.63) is 58.2 Å². The van der Waals surface area contributed by atoms with Gasteiger partial charge in [0, 0.05) is 32.4 Å². The highest BCUT2D eigenvalue weighted by Crippen LogP contribution is 2.38. The average molecular weight is 469 g/mol. The summed E-state index contributed by atoms with van der Waals surface area (Å²) in [5.74, 6) is 0.354. The Bertz CT molecular complexity index is 980. The lowest BCUT2D eigenvalue weighted by molar-refractivity contribution is -0.137. The van der Waals surface area contributed by atoms with Gasteiger partial charge in [-0.05, 0) is 30.5 Å². The zero-order valence-corrected chi connectivity index (χ0v) is 18.3. The van der Waals surface area contributed by atoms with E-state index in [2.05, 4.69) is 27.3 Å². The third-order valence-corrected chi connectivity index (χ3v) is 6.21. The number of nitrogens with zero attached hydrogens (tertiary/aromatic N) is 3. The van der Waals surface area contributed by atoms with Gasteiger partial charge < -0.3 is 15.0 Å². The molecule has 2 heterocycles. The minimum atomic E-state index is -4.48. The Kier molecular flexibility index (Phi) is 6.48. The number of rotatable bonds is 4. The molecule has 4 rings (SSSR count). The Morgan fingerprint density at radius 1 is 1.25 bits per heavy atom. The third-order valence-electron chi connectivity index (χ3n) is 5.93. The van der Waals surface area contributed by atoms with Crippen LogP contribution in [0.4, 0.5) is 23.8 Å². The number of alkyl halides is 3. The Morgan fingerprint density at radius 2 is 1.97 bits per heavy atom. The molecule has 10 heteroatoms. The van der Waals surface area contributed by atoms with Crippen LogP contribution >= 0.6 is 11.6 Å². The highest BCUT2D eigenvalue weighted by atomic mass is 35.5. The molecule has 1 aliphatic carbocycles. The van der Waals surface area contributed by atoms with Crippen LogP contribution in [0.2, 0.25) is 5.02 Å². The van der Waals surface area contributed by atoms with Crippen molar-refractivity contribution < 1.29 is 22.7 Å². The van der Waals surface area contributed by atoms with E-state index >= 15 is 0 Å². The number of nitrogens with one attached hydrogen (secondary N) is 1. The van der Waals surface area contributed by atoms with Gasteiger partial charge >= 0.3 is 12.3 Å². The number of aromatic nitrogens is 1. The zero-order chi connectivity index (χ0) is 22.9. The molecule has 1 aromatic carbocycles. The number of alkyl carbamates (subject to hydrolysis) is 1. The number of amides is 1. The van der Waals surface area contributed by atoms with Gasteiger partial charge in [0.25, 0.3) is 0 Å². The standard InChI is InChI=1S/C22H24ClF3N4O2/c1-2-32-21(31)28-18-11-14-5-3-4-6-16(14)19(18)29-7-9-30(10-8-29)20-17(23)12-15(13-27-20)22(24,25)26/h3-6,12-13,18-19H,2,7-11H2,1H3,(H,28,31)/t18-,19-/m1/s1. The molecule has 1 aliphatic heterocycles. The predicted molar refractivity (Wildman–Crippen MR) is 115 cm³/mol. The van der Waals surface area contributed by atoms with Crippen LogP contribution in [0.15, 0.2) is 36.5 Å². The van der Waals surface area contributed by atoms with Crippen molar-refractivity contribution in [2.45, 2.75) is 31.6 Å². The van der Waals surface area contributed by atoms with Crippen LogP contribution in [0.5, 0.6) is 0 Å². The smallest absolute Gasteiger partial charge is 0.417 e. The first-order valence-corrected chi connectivity index (χ1v) is 10.9. The fourth-order valence-electron chi connectivity index (χ4n) is 4.51. The molecule has 0 bridgehead atoms. The van der Waals surface area contributed by atoms with Crippen LogP contribution < -0.4 is 10.2 Å². The first-order chi connectivity index (χ1) is 15.3. The van der Waals surface area contributed by atoms with E-state index in [1.165, 1.54) is 11.1 Å². The minimum absolute atomic E-state index is 0.00575. The van der Waals surface area contributed by atoms with E-state index in [9.17, 15) is 18.0 Å². The molecule has 2 aromatic rings. The molecule has 0 unspecified atom stereocenters. The first kappa shape index (κ1) is 22.7. The van der Waals surface area contributed by atoms with Gasteiger partial charge in [0.2, 0.25) is 0 Å². The molecule has 2 atom stereocenters. The number of fused-ring (bicyclic) bond motifs is 1. The second kappa shape index (κ2) is 9.15. The Labute approximate surface area is 189 Å². The SMILES string of the molecule is CCOC(=O)N[C@@H]1Cc2ccccc2[C@H]1N1CCN(c2ncc(C(F)(F)F)cc2Cl)CC1. The van der Waals surface area contributed by atoms with Crippen molar-refractivity contribution in [2.75, 3.05) is 37.7 Å². The summed E-state index contributed by atoms with van der Waals surface area (Å²) in [6.45, 7) is 4.49. The number of carbonyl (C=O) groups is 1. The summed E-state index contributed by atoms with van der Waals surface area (Å²) < 4.78 is 43.8. The molecule has 2 aliphatic rings. The van der Waals surface area contributed by atoms with Crippen molar-refractivity contribution in [2.24, 2.45) is 0 Å². The Hall–Kier alpha value is -2.52. The summed E-state index contributed by atoms with van der Waals surface area (Å²) in [5.41, 5.74) is 1.50. The van der Waals surface area contributed by atoms with Gasteiger partial charge in [0.1, 0.15) is 5.82 Å². The highest BCUT2D eigenvalue weighted by Gasteiger charge is 2.39. The lowest BCUT2D eigenvalue weighted by atomic mass is 10.0. The molecule has 0 spiro atoms. The summed E-state index contributed by atoms with van der Waals surface area (Å²) in [5, 5.41) is 2.98. The summed E-state index contributed by atoms with van der Waals surface area (Å²) in [6.07, 6.45) is -3.38. The van der Waals surface area contributed by atoms with Crippen LogP contribution in [0.25, 0.3) is 0 Å². The van der Waals surface area contributed by atoms with Gasteiger partial charge in [-0.3, -0.25) is 4.90 Å². The molecule has 32 heavy (non-hydrogen) atoms. The first-order valence-electron chi connectivity index (χ1n) is 10.5. The van der Waals surface area contributed by atoms with Crippen molar-refractivity contribution in [1.29, 1.82) is 0 Å². The van der Waals surface area contributed by atoms with Crippen molar-refractivity contribution >= 4 is 23.5 Å². The third kappa shape index (κ3) is 4.63. The largest absolute Gasteiger partial charge is 0.450 e. The Balaban J connectivity index is 1.48. The number of hydrogen-bond donors (Lipinski definition) is 1. The van der Waals surface area contributed by atoms with Crippen molar-refractivity contribution in [1.82, 2.24) is 15.2 Å². The quantitative estimate of drug-likeness (QED) is 0.725. The molecule has 6 nitrogen and oxygen atoms in total. The van der Waals surface area contributed by atoms with E-state index in [-0.39, 0.29) is 17.1 Å². The van der Waals surface area contributed by atoms with Crippen LogP contribution in [0, 0.1) is 0 Å². The fourth-order valence-corrected chi connectivity index (χ4v) is 4.80. The summed E-state index contributed by atoms with van der Waals surface area (Å²) in [4.78, 5) is 20.3. The van der Waals surface area contributed by atoms with Crippen LogP contribution in [-0.4, -0.2) is 54.8 Å². The van der Waals surface area contributed by atoms with Gasteiger partial charge in [-0.2, -0.15) is 13.2 Å². The second-order valence-corrected chi connectivity index (χ2v) is 8.28. The van der Waals surface area contributed by atoms with Gasteiger partial charge in [0.15, 0.2) is 0 Å².